The number of anilines is 2. The minimum absolute atomic E-state index is 0.0524. The smallest absolute Gasteiger partial charge is 0.329 e. The number of hydrogen-bond donors (Lipinski definition) is 1. The molecule has 10 heteroatoms. The van der Waals surface area contributed by atoms with Gasteiger partial charge in [-0.15, -0.1) is 0 Å². The van der Waals surface area contributed by atoms with Crippen molar-refractivity contribution in [2.75, 3.05) is 5.32 Å². The van der Waals surface area contributed by atoms with E-state index in [1.54, 1.807) is 27.0 Å². The molecule has 0 unspecified atom stereocenters. The number of aryl methyl sites for hydroxylation is 1. The molecule has 0 saturated carbocycles. The number of carbonyl (C=O) groups is 1. The molecule has 2 atom stereocenters. The van der Waals surface area contributed by atoms with Crippen molar-refractivity contribution in [1.29, 1.82) is 0 Å². The zero-order valence-electron chi connectivity index (χ0n) is 18.0. The number of ether oxygens (including phenoxy) is 1. The minimum Gasteiger partial charge on any atom is -0.458 e. The molecule has 3 aromatic heterocycles. The second-order valence-electron chi connectivity index (χ2n) is 8.66. The average Bonchev–Trinajstić information content (AvgIpc) is 3.28. The maximum Gasteiger partial charge on any atom is 0.329 e. The van der Waals surface area contributed by atoms with Gasteiger partial charge in [-0.25, -0.2) is 9.78 Å². The lowest BCUT2D eigenvalue weighted by molar-refractivity contribution is -0.159. The van der Waals surface area contributed by atoms with Gasteiger partial charge in [-0.2, -0.15) is 4.98 Å². The summed E-state index contributed by atoms with van der Waals surface area (Å²) in [5.41, 5.74) is 0.617. The van der Waals surface area contributed by atoms with Crippen LogP contribution in [0.5, 0.6) is 0 Å². The van der Waals surface area contributed by atoms with E-state index in [0.717, 1.165) is 5.56 Å². The Balaban J connectivity index is 1.63. The highest BCUT2D eigenvalue weighted by molar-refractivity contribution is 5.75. The van der Waals surface area contributed by atoms with Crippen LogP contribution < -0.4 is 10.9 Å². The molecule has 0 aromatic carbocycles. The van der Waals surface area contributed by atoms with Gasteiger partial charge in [0.05, 0.1) is 6.20 Å². The van der Waals surface area contributed by atoms with E-state index < -0.39 is 23.2 Å². The van der Waals surface area contributed by atoms with E-state index in [4.69, 9.17) is 9.26 Å². The van der Waals surface area contributed by atoms with Crippen molar-refractivity contribution in [3.8, 4) is 11.6 Å². The second kappa shape index (κ2) is 7.60. The summed E-state index contributed by atoms with van der Waals surface area (Å²) < 4.78 is 12.2. The van der Waals surface area contributed by atoms with E-state index in [0.29, 0.717) is 17.9 Å². The van der Waals surface area contributed by atoms with Crippen LogP contribution >= 0.6 is 0 Å². The first-order chi connectivity index (χ1) is 14.6. The van der Waals surface area contributed by atoms with Crippen molar-refractivity contribution >= 4 is 17.6 Å². The molecule has 4 heterocycles. The van der Waals surface area contributed by atoms with Gasteiger partial charge in [0.1, 0.15) is 28.8 Å². The number of pyridine rings is 1. The van der Waals surface area contributed by atoms with E-state index in [9.17, 15) is 9.59 Å². The molecule has 0 fully saturated rings. The molecule has 0 aliphatic carbocycles. The molecule has 0 amide bonds. The lowest BCUT2D eigenvalue weighted by Crippen LogP contribution is -2.34. The number of esters is 1. The summed E-state index contributed by atoms with van der Waals surface area (Å²) in [5.74, 6) is 0.359. The van der Waals surface area contributed by atoms with Gasteiger partial charge >= 0.3 is 5.97 Å². The lowest BCUT2D eigenvalue weighted by Gasteiger charge is -2.23. The Kier molecular flexibility index (Phi) is 5.08. The van der Waals surface area contributed by atoms with Crippen molar-refractivity contribution in [3.63, 3.8) is 0 Å². The van der Waals surface area contributed by atoms with Crippen LogP contribution in [0.1, 0.15) is 57.5 Å². The summed E-state index contributed by atoms with van der Waals surface area (Å²) in [7, 11) is 0. The molecule has 162 valence electrons. The number of carbonyl (C=O) groups excluding carboxylic acids is 1. The fourth-order valence-corrected chi connectivity index (χ4v) is 3.50. The summed E-state index contributed by atoms with van der Waals surface area (Å²) >= 11 is 0. The standard InChI is InChI=1S/C21H24N6O4/c1-11-6-7-22-13(8-11)17-25-20(26-31-17)24-14-10-23-16-12(2)9-15(27(16)18(14)28)19(29)30-21(3,4)5/h6-8,10,12,15H,9H2,1-5H3,(H,24,26)/t12-,15+/m1/s1. The first-order valence-electron chi connectivity index (χ1n) is 10.0. The number of nitrogens with one attached hydrogen (secondary N) is 1. The molecular formula is C21H24N6O4. The van der Waals surface area contributed by atoms with Gasteiger partial charge < -0.3 is 14.6 Å². The van der Waals surface area contributed by atoms with Crippen LogP contribution in [0.15, 0.2) is 33.8 Å². The number of aromatic nitrogens is 5. The summed E-state index contributed by atoms with van der Waals surface area (Å²) in [6, 6.07) is 2.94. The fourth-order valence-electron chi connectivity index (χ4n) is 3.50. The summed E-state index contributed by atoms with van der Waals surface area (Å²) in [5, 5.41) is 6.70. The van der Waals surface area contributed by atoms with Gasteiger partial charge in [-0.3, -0.25) is 14.3 Å². The van der Waals surface area contributed by atoms with Crippen LogP contribution in [0.2, 0.25) is 0 Å². The van der Waals surface area contributed by atoms with Crippen molar-refractivity contribution in [2.45, 2.75) is 58.6 Å². The fraction of sp³-hybridized carbons (Fsp3) is 0.429. The third-order valence-electron chi connectivity index (χ3n) is 4.84. The molecule has 31 heavy (non-hydrogen) atoms. The van der Waals surface area contributed by atoms with Gasteiger partial charge in [0.25, 0.3) is 17.4 Å². The lowest BCUT2D eigenvalue weighted by atomic mass is 10.1. The Morgan fingerprint density at radius 3 is 2.81 bits per heavy atom. The summed E-state index contributed by atoms with van der Waals surface area (Å²) in [4.78, 5) is 38.7. The molecule has 0 radical (unpaired) electrons. The highest BCUT2D eigenvalue weighted by atomic mass is 16.6. The highest BCUT2D eigenvalue weighted by Gasteiger charge is 2.38. The predicted octanol–water partition coefficient (Wildman–Crippen LogP) is 3.13. The zero-order chi connectivity index (χ0) is 22.3. The quantitative estimate of drug-likeness (QED) is 0.629. The molecule has 4 rings (SSSR count). The van der Waals surface area contributed by atoms with E-state index in [1.807, 2.05) is 26.0 Å². The van der Waals surface area contributed by atoms with Gasteiger partial charge in [0, 0.05) is 12.1 Å². The maximum absolute atomic E-state index is 13.2. The molecule has 0 spiro atoms. The van der Waals surface area contributed by atoms with Crippen molar-refractivity contribution in [1.82, 2.24) is 24.7 Å². The van der Waals surface area contributed by atoms with Crippen molar-refractivity contribution < 1.29 is 14.1 Å². The Morgan fingerprint density at radius 2 is 2.10 bits per heavy atom. The molecule has 10 nitrogen and oxygen atoms in total. The van der Waals surface area contributed by atoms with Crippen LogP contribution in [-0.4, -0.2) is 36.2 Å². The zero-order valence-corrected chi connectivity index (χ0v) is 18.0. The monoisotopic (exact) mass is 424 g/mol. The van der Waals surface area contributed by atoms with Gasteiger partial charge in [0.2, 0.25) is 0 Å². The summed E-state index contributed by atoms with van der Waals surface area (Å²) in [6.07, 6.45) is 3.52. The minimum atomic E-state index is -0.733. The molecule has 3 aromatic rings. The van der Waals surface area contributed by atoms with Crippen LogP contribution in [-0.2, 0) is 9.53 Å². The van der Waals surface area contributed by atoms with Gasteiger partial charge in [-0.05, 0) is 57.0 Å². The maximum atomic E-state index is 13.2. The number of hydrogen-bond acceptors (Lipinski definition) is 9. The van der Waals surface area contributed by atoms with Crippen LogP contribution in [0.3, 0.4) is 0 Å². The van der Waals surface area contributed by atoms with Crippen LogP contribution in [0, 0.1) is 6.92 Å². The molecule has 0 saturated heterocycles. The van der Waals surface area contributed by atoms with E-state index in [1.165, 1.54) is 10.8 Å². The predicted molar refractivity (Wildman–Crippen MR) is 112 cm³/mol. The van der Waals surface area contributed by atoms with E-state index in [2.05, 4.69) is 25.4 Å². The molecule has 0 bridgehead atoms. The van der Waals surface area contributed by atoms with Crippen molar-refractivity contribution in [2.24, 2.45) is 0 Å². The Bertz CT molecular complexity index is 1190. The third-order valence-corrected chi connectivity index (χ3v) is 4.84. The average molecular weight is 424 g/mol. The largest absolute Gasteiger partial charge is 0.458 e. The molecular weight excluding hydrogens is 400 g/mol. The Labute approximate surface area is 178 Å². The van der Waals surface area contributed by atoms with E-state index >= 15 is 0 Å². The normalized spacial score (nSPS) is 18.0. The first-order valence-corrected chi connectivity index (χ1v) is 10.0. The first kappa shape index (κ1) is 20.7. The molecule has 1 aliphatic heterocycles. The van der Waals surface area contributed by atoms with Gasteiger partial charge in [0.15, 0.2) is 0 Å². The second-order valence-corrected chi connectivity index (χ2v) is 8.66. The molecule has 1 aliphatic rings. The molecule has 1 N–H and O–H groups in total. The number of fused-ring (bicyclic) bond motifs is 1. The van der Waals surface area contributed by atoms with Crippen LogP contribution in [0.4, 0.5) is 11.6 Å². The Morgan fingerprint density at radius 1 is 1.32 bits per heavy atom. The van der Waals surface area contributed by atoms with Crippen molar-refractivity contribution in [3.05, 3.63) is 46.3 Å². The SMILES string of the molecule is Cc1ccnc(-c2nc(Nc3cnc4n(c3=O)[C@H](C(=O)OC(C)(C)C)C[C@H]4C)no2)c1. The third kappa shape index (κ3) is 4.18. The number of nitrogens with zero attached hydrogens (tertiary/aromatic N) is 5. The van der Waals surface area contributed by atoms with Gasteiger partial charge in [-0.1, -0.05) is 6.92 Å². The Hall–Kier alpha value is -3.56. The van der Waals surface area contributed by atoms with Crippen LogP contribution in [0.25, 0.3) is 11.6 Å². The van der Waals surface area contributed by atoms with E-state index in [-0.39, 0.29) is 23.4 Å². The summed E-state index contributed by atoms with van der Waals surface area (Å²) in [6.45, 7) is 9.23. The highest BCUT2D eigenvalue weighted by Crippen LogP contribution is 2.35. The topological polar surface area (TPSA) is 125 Å². The number of rotatable bonds is 4.